The van der Waals surface area contributed by atoms with Gasteiger partial charge in [0.25, 0.3) is 0 Å². The minimum Gasteiger partial charge on any atom is -0.463 e. The van der Waals surface area contributed by atoms with E-state index >= 15 is 0 Å². The van der Waals surface area contributed by atoms with Crippen molar-refractivity contribution in [1.82, 2.24) is 9.97 Å². The number of nitrogens with zero attached hydrogens (tertiary/aromatic N) is 3. The number of esters is 1. The molecule has 1 saturated heterocycles. The van der Waals surface area contributed by atoms with Gasteiger partial charge in [0, 0.05) is 30.9 Å². The Morgan fingerprint density at radius 2 is 2.35 bits per heavy atom. The fourth-order valence-electron chi connectivity index (χ4n) is 2.10. The van der Waals surface area contributed by atoms with Crippen LogP contribution in [0.5, 0.6) is 0 Å². The van der Waals surface area contributed by atoms with Crippen molar-refractivity contribution in [2.75, 3.05) is 31.7 Å². The number of aryl methyl sites for hydroxylation is 1. The zero-order valence-corrected chi connectivity index (χ0v) is 12.0. The molecule has 2 unspecified atom stereocenters. The number of rotatable bonds is 3. The quantitative estimate of drug-likeness (QED) is 0.786. The molecule has 1 fully saturated rings. The van der Waals surface area contributed by atoms with Crippen LogP contribution in [-0.4, -0.2) is 54.9 Å². The fourth-order valence-corrected chi connectivity index (χ4v) is 2.10. The van der Waals surface area contributed by atoms with Crippen LogP contribution in [0.4, 0.5) is 5.82 Å². The highest BCUT2D eigenvalue weighted by molar-refractivity contribution is 5.85. The van der Waals surface area contributed by atoms with Gasteiger partial charge in [-0.15, -0.1) is 0 Å². The maximum atomic E-state index is 11.6. The van der Waals surface area contributed by atoms with Crippen LogP contribution in [0.1, 0.15) is 23.2 Å². The SMILES string of the molecule is COC(=O)c1nc(C)cc(N2CCOC(C(C)N)C2)n1. The number of morpholine rings is 1. The Labute approximate surface area is 118 Å². The summed E-state index contributed by atoms with van der Waals surface area (Å²) in [4.78, 5) is 22.0. The van der Waals surface area contributed by atoms with Gasteiger partial charge in [-0.3, -0.25) is 0 Å². The molecular weight excluding hydrogens is 260 g/mol. The first kappa shape index (κ1) is 14.7. The summed E-state index contributed by atoms with van der Waals surface area (Å²) in [6.45, 7) is 5.68. The summed E-state index contributed by atoms with van der Waals surface area (Å²) in [5.41, 5.74) is 6.60. The molecule has 7 nitrogen and oxygen atoms in total. The van der Waals surface area contributed by atoms with Crippen molar-refractivity contribution in [1.29, 1.82) is 0 Å². The summed E-state index contributed by atoms with van der Waals surface area (Å²) in [5.74, 6) is 0.241. The first-order valence-corrected chi connectivity index (χ1v) is 6.57. The third-order valence-corrected chi connectivity index (χ3v) is 3.21. The molecule has 0 aliphatic carbocycles. The predicted molar refractivity (Wildman–Crippen MR) is 73.7 cm³/mol. The number of carbonyl (C=O) groups excluding carboxylic acids is 1. The highest BCUT2D eigenvalue weighted by atomic mass is 16.5. The van der Waals surface area contributed by atoms with Crippen molar-refractivity contribution >= 4 is 11.8 Å². The Morgan fingerprint density at radius 1 is 1.60 bits per heavy atom. The van der Waals surface area contributed by atoms with E-state index in [-0.39, 0.29) is 18.0 Å². The molecule has 0 bridgehead atoms. The van der Waals surface area contributed by atoms with E-state index < -0.39 is 5.97 Å². The second-order valence-corrected chi connectivity index (χ2v) is 4.90. The maximum Gasteiger partial charge on any atom is 0.376 e. The van der Waals surface area contributed by atoms with Crippen molar-refractivity contribution in [3.63, 3.8) is 0 Å². The van der Waals surface area contributed by atoms with Crippen molar-refractivity contribution in [3.05, 3.63) is 17.6 Å². The van der Waals surface area contributed by atoms with Gasteiger partial charge in [-0.1, -0.05) is 0 Å². The first-order chi connectivity index (χ1) is 9.51. The lowest BCUT2D eigenvalue weighted by Gasteiger charge is -2.35. The largest absolute Gasteiger partial charge is 0.463 e. The molecule has 2 rings (SSSR count). The lowest BCUT2D eigenvalue weighted by atomic mass is 10.1. The van der Waals surface area contributed by atoms with E-state index in [0.29, 0.717) is 25.5 Å². The summed E-state index contributed by atoms with van der Waals surface area (Å²) in [6.07, 6.45) is -0.0411. The third kappa shape index (κ3) is 3.23. The Balaban J connectivity index is 2.23. The zero-order valence-electron chi connectivity index (χ0n) is 12.0. The number of anilines is 1. The summed E-state index contributed by atoms with van der Waals surface area (Å²) in [5, 5.41) is 0. The van der Waals surface area contributed by atoms with E-state index in [4.69, 9.17) is 10.5 Å². The minimum absolute atomic E-state index is 0.0411. The zero-order chi connectivity index (χ0) is 14.7. The van der Waals surface area contributed by atoms with Crippen LogP contribution >= 0.6 is 0 Å². The second-order valence-electron chi connectivity index (χ2n) is 4.90. The van der Waals surface area contributed by atoms with Gasteiger partial charge in [0.15, 0.2) is 0 Å². The average Bonchev–Trinajstić information content (AvgIpc) is 2.45. The minimum atomic E-state index is -0.535. The average molecular weight is 280 g/mol. The Bertz CT molecular complexity index is 493. The summed E-state index contributed by atoms with van der Waals surface area (Å²) < 4.78 is 10.3. The van der Waals surface area contributed by atoms with Crippen LogP contribution in [0.15, 0.2) is 6.07 Å². The van der Waals surface area contributed by atoms with E-state index in [1.165, 1.54) is 7.11 Å². The molecule has 0 radical (unpaired) electrons. The lowest BCUT2D eigenvalue weighted by molar-refractivity contribution is 0.0273. The van der Waals surface area contributed by atoms with Crippen LogP contribution < -0.4 is 10.6 Å². The molecule has 0 amide bonds. The van der Waals surface area contributed by atoms with Crippen LogP contribution in [0.3, 0.4) is 0 Å². The second kappa shape index (κ2) is 6.15. The molecule has 1 aromatic rings. The Hall–Kier alpha value is -1.73. The molecule has 2 N–H and O–H groups in total. The van der Waals surface area contributed by atoms with Crippen molar-refractivity contribution < 1.29 is 14.3 Å². The molecule has 7 heteroatoms. The molecule has 0 aromatic carbocycles. The van der Waals surface area contributed by atoms with Crippen molar-refractivity contribution in [3.8, 4) is 0 Å². The molecule has 110 valence electrons. The highest BCUT2D eigenvalue weighted by Crippen LogP contribution is 2.17. The topological polar surface area (TPSA) is 90.6 Å². The summed E-state index contributed by atoms with van der Waals surface area (Å²) in [6, 6.07) is 1.79. The molecule has 1 aliphatic heterocycles. The van der Waals surface area contributed by atoms with Crippen LogP contribution in [0, 0.1) is 6.92 Å². The maximum absolute atomic E-state index is 11.6. The number of carbonyl (C=O) groups is 1. The molecule has 2 heterocycles. The van der Waals surface area contributed by atoms with Gasteiger partial charge in [0.05, 0.1) is 19.8 Å². The van der Waals surface area contributed by atoms with Crippen LogP contribution in [0.25, 0.3) is 0 Å². The number of hydrogen-bond donors (Lipinski definition) is 1. The number of nitrogens with two attached hydrogens (primary N) is 1. The van der Waals surface area contributed by atoms with E-state index in [2.05, 4.69) is 19.6 Å². The molecular formula is C13H20N4O3. The van der Waals surface area contributed by atoms with Gasteiger partial charge in [-0.2, -0.15) is 0 Å². The van der Waals surface area contributed by atoms with E-state index in [9.17, 15) is 4.79 Å². The first-order valence-electron chi connectivity index (χ1n) is 6.57. The number of hydrogen-bond acceptors (Lipinski definition) is 7. The molecule has 2 atom stereocenters. The fraction of sp³-hybridized carbons (Fsp3) is 0.615. The van der Waals surface area contributed by atoms with Gasteiger partial charge in [-0.05, 0) is 13.8 Å². The van der Waals surface area contributed by atoms with Crippen molar-refractivity contribution in [2.45, 2.75) is 26.0 Å². The normalized spacial score (nSPS) is 20.6. The standard InChI is InChI=1S/C13H20N4O3/c1-8-6-11(16-12(15-8)13(18)19-3)17-4-5-20-10(7-17)9(2)14/h6,9-10H,4-5,7,14H2,1-3H3. The van der Waals surface area contributed by atoms with Crippen LogP contribution in [0.2, 0.25) is 0 Å². The summed E-state index contributed by atoms with van der Waals surface area (Å²) >= 11 is 0. The van der Waals surface area contributed by atoms with E-state index in [1.54, 1.807) is 0 Å². The van der Waals surface area contributed by atoms with E-state index in [0.717, 1.165) is 5.69 Å². The Morgan fingerprint density at radius 3 is 3.00 bits per heavy atom. The smallest absolute Gasteiger partial charge is 0.376 e. The van der Waals surface area contributed by atoms with E-state index in [1.807, 2.05) is 19.9 Å². The third-order valence-electron chi connectivity index (χ3n) is 3.21. The molecule has 0 saturated carbocycles. The van der Waals surface area contributed by atoms with Gasteiger partial charge < -0.3 is 20.1 Å². The van der Waals surface area contributed by atoms with Gasteiger partial charge in [-0.25, -0.2) is 14.8 Å². The number of methoxy groups -OCH3 is 1. The number of aromatic nitrogens is 2. The van der Waals surface area contributed by atoms with Crippen LogP contribution in [-0.2, 0) is 9.47 Å². The van der Waals surface area contributed by atoms with Gasteiger partial charge in [0.1, 0.15) is 5.82 Å². The predicted octanol–water partition coefficient (Wildman–Crippen LogP) is 0.124. The van der Waals surface area contributed by atoms with Gasteiger partial charge >= 0.3 is 5.97 Å². The Kier molecular flexibility index (Phi) is 4.51. The molecule has 20 heavy (non-hydrogen) atoms. The lowest BCUT2D eigenvalue weighted by Crippen LogP contribution is -2.50. The molecule has 1 aromatic heterocycles. The van der Waals surface area contributed by atoms with Crippen molar-refractivity contribution in [2.24, 2.45) is 5.73 Å². The molecule has 0 spiro atoms. The number of ether oxygens (including phenoxy) is 2. The van der Waals surface area contributed by atoms with Gasteiger partial charge in [0.2, 0.25) is 5.82 Å². The molecule has 1 aliphatic rings. The monoisotopic (exact) mass is 280 g/mol. The summed E-state index contributed by atoms with van der Waals surface area (Å²) in [7, 11) is 1.31. The highest BCUT2D eigenvalue weighted by Gasteiger charge is 2.25.